The molecule has 2 aromatic carbocycles. The van der Waals surface area contributed by atoms with Crippen molar-refractivity contribution in [3.63, 3.8) is 0 Å². The Morgan fingerprint density at radius 2 is 1.61 bits per heavy atom. The van der Waals surface area contributed by atoms with Gasteiger partial charge in [-0.25, -0.2) is 0 Å². The molecule has 120 valence electrons. The van der Waals surface area contributed by atoms with E-state index in [4.69, 9.17) is 0 Å². The molecule has 2 heteroatoms. The van der Waals surface area contributed by atoms with E-state index in [1.165, 1.54) is 43.2 Å². The largest absolute Gasteiger partial charge is 0.322 e. The maximum Gasteiger partial charge on any atom is 0.255 e. The van der Waals surface area contributed by atoms with Crippen LogP contribution in [0.1, 0.15) is 66.4 Å². The molecule has 1 aliphatic rings. The number of hydrogen-bond acceptors (Lipinski definition) is 1. The van der Waals surface area contributed by atoms with Crippen molar-refractivity contribution >= 4 is 11.6 Å². The van der Waals surface area contributed by atoms with Gasteiger partial charge < -0.3 is 5.32 Å². The zero-order chi connectivity index (χ0) is 16.1. The Kier molecular flexibility index (Phi) is 5.12. The van der Waals surface area contributed by atoms with Crippen LogP contribution in [0.4, 0.5) is 5.69 Å². The highest BCUT2D eigenvalue weighted by molar-refractivity contribution is 6.04. The van der Waals surface area contributed by atoms with Gasteiger partial charge in [0.15, 0.2) is 0 Å². The summed E-state index contributed by atoms with van der Waals surface area (Å²) in [5.74, 6) is 0.645. The van der Waals surface area contributed by atoms with E-state index >= 15 is 0 Å². The Morgan fingerprint density at radius 3 is 2.22 bits per heavy atom. The summed E-state index contributed by atoms with van der Waals surface area (Å²) in [5, 5.41) is 2.97. The number of nitrogens with one attached hydrogen (secondary N) is 1. The lowest BCUT2D eigenvalue weighted by atomic mass is 9.84. The fraction of sp³-hybridized carbons (Fsp3) is 0.381. The summed E-state index contributed by atoms with van der Waals surface area (Å²) in [4.78, 5) is 12.3. The fourth-order valence-electron chi connectivity index (χ4n) is 3.37. The van der Waals surface area contributed by atoms with Crippen LogP contribution in [-0.2, 0) is 6.42 Å². The molecule has 0 spiro atoms. The van der Waals surface area contributed by atoms with E-state index in [1.54, 1.807) is 0 Å². The highest BCUT2D eigenvalue weighted by Gasteiger charge is 2.15. The first kappa shape index (κ1) is 15.8. The standard InChI is InChI=1S/C21H25NO/c1-2-16-8-14-20(15-9-16)22-21(23)19-12-10-18(11-13-19)17-6-4-3-5-7-17/h8-15,17H,2-7H2,1H3,(H,22,23). The summed E-state index contributed by atoms with van der Waals surface area (Å²) in [7, 11) is 0. The second-order valence-electron chi connectivity index (χ2n) is 6.46. The molecule has 0 aromatic heterocycles. The molecule has 0 saturated heterocycles. The number of carbonyl (C=O) groups excluding carboxylic acids is 1. The van der Waals surface area contributed by atoms with Gasteiger partial charge in [-0.2, -0.15) is 0 Å². The van der Waals surface area contributed by atoms with Crippen molar-refractivity contribution in [3.8, 4) is 0 Å². The van der Waals surface area contributed by atoms with Crippen molar-refractivity contribution in [2.24, 2.45) is 0 Å². The molecule has 0 aliphatic heterocycles. The van der Waals surface area contributed by atoms with E-state index in [0.717, 1.165) is 17.7 Å². The molecule has 0 bridgehead atoms. The summed E-state index contributed by atoms with van der Waals surface area (Å²) in [6.45, 7) is 2.13. The van der Waals surface area contributed by atoms with Gasteiger partial charge in [0.25, 0.3) is 5.91 Å². The van der Waals surface area contributed by atoms with E-state index in [-0.39, 0.29) is 5.91 Å². The molecule has 1 amide bonds. The maximum atomic E-state index is 12.3. The SMILES string of the molecule is CCc1ccc(NC(=O)c2ccc(C3CCCCC3)cc2)cc1. The Labute approximate surface area is 138 Å². The van der Waals surface area contributed by atoms with Crippen molar-refractivity contribution in [1.29, 1.82) is 0 Å². The second-order valence-corrected chi connectivity index (χ2v) is 6.46. The first-order chi connectivity index (χ1) is 11.3. The second kappa shape index (κ2) is 7.45. The molecule has 3 rings (SSSR count). The predicted molar refractivity (Wildman–Crippen MR) is 96.0 cm³/mol. The third-order valence-corrected chi connectivity index (χ3v) is 4.87. The van der Waals surface area contributed by atoms with Gasteiger partial charge in [-0.3, -0.25) is 4.79 Å². The maximum absolute atomic E-state index is 12.3. The number of benzene rings is 2. The van der Waals surface area contributed by atoms with Crippen LogP contribution in [0.2, 0.25) is 0 Å². The zero-order valence-electron chi connectivity index (χ0n) is 13.8. The Morgan fingerprint density at radius 1 is 0.957 bits per heavy atom. The van der Waals surface area contributed by atoms with Crippen LogP contribution in [0.3, 0.4) is 0 Å². The van der Waals surface area contributed by atoms with Crippen LogP contribution in [0.25, 0.3) is 0 Å². The fourth-order valence-corrected chi connectivity index (χ4v) is 3.37. The topological polar surface area (TPSA) is 29.1 Å². The monoisotopic (exact) mass is 307 g/mol. The zero-order valence-corrected chi connectivity index (χ0v) is 13.8. The molecule has 2 nitrogen and oxygen atoms in total. The average Bonchev–Trinajstić information content (AvgIpc) is 2.63. The first-order valence-corrected chi connectivity index (χ1v) is 8.76. The van der Waals surface area contributed by atoms with Crippen molar-refractivity contribution in [3.05, 3.63) is 65.2 Å². The summed E-state index contributed by atoms with van der Waals surface area (Å²) >= 11 is 0. The molecule has 1 saturated carbocycles. The van der Waals surface area contributed by atoms with Gasteiger partial charge in [-0.05, 0) is 60.6 Å². The molecular formula is C21H25NO. The minimum atomic E-state index is -0.0376. The lowest BCUT2D eigenvalue weighted by Gasteiger charge is -2.22. The molecule has 0 radical (unpaired) electrons. The highest BCUT2D eigenvalue weighted by atomic mass is 16.1. The normalized spacial score (nSPS) is 15.3. The lowest BCUT2D eigenvalue weighted by Crippen LogP contribution is -2.12. The number of rotatable bonds is 4. The van der Waals surface area contributed by atoms with Crippen LogP contribution in [0.5, 0.6) is 0 Å². The number of hydrogen-bond donors (Lipinski definition) is 1. The quantitative estimate of drug-likeness (QED) is 0.788. The van der Waals surface area contributed by atoms with Gasteiger partial charge in [0.05, 0.1) is 0 Å². The number of aryl methyl sites for hydroxylation is 1. The van der Waals surface area contributed by atoms with Crippen LogP contribution in [-0.4, -0.2) is 5.91 Å². The molecule has 1 aliphatic carbocycles. The van der Waals surface area contributed by atoms with Gasteiger partial charge in [-0.15, -0.1) is 0 Å². The van der Waals surface area contributed by atoms with Gasteiger partial charge in [-0.1, -0.05) is 50.5 Å². The molecule has 0 unspecified atom stereocenters. The first-order valence-electron chi connectivity index (χ1n) is 8.76. The van der Waals surface area contributed by atoms with E-state index in [1.807, 2.05) is 24.3 Å². The smallest absolute Gasteiger partial charge is 0.255 e. The van der Waals surface area contributed by atoms with E-state index in [0.29, 0.717) is 5.92 Å². The highest BCUT2D eigenvalue weighted by Crippen LogP contribution is 2.32. The van der Waals surface area contributed by atoms with Gasteiger partial charge >= 0.3 is 0 Å². The van der Waals surface area contributed by atoms with Crippen molar-refractivity contribution in [1.82, 2.24) is 0 Å². The van der Waals surface area contributed by atoms with Gasteiger partial charge in [0, 0.05) is 11.3 Å². The van der Waals surface area contributed by atoms with Crippen molar-refractivity contribution in [2.45, 2.75) is 51.4 Å². The number of anilines is 1. The van der Waals surface area contributed by atoms with Gasteiger partial charge in [0.2, 0.25) is 0 Å². The van der Waals surface area contributed by atoms with Crippen LogP contribution < -0.4 is 5.32 Å². The molecule has 23 heavy (non-hydrogen) atoms. The van der Waals surface area contributed by atoms with Crippen molar-refractivity contribution < 1.29 is 4.79 Å². The summed E-state index contributed by atoms with van der Waals surface area (Å²) in [6.07, 6.45) is 7.62. The molecular weight excluding hydrogens is 282 g/mol. The summed E-state index contributed by atoms with van der Waals surface area (Å²) in [5.41, 5.74) is 4.24. The molecule has 0 atom stereocenters. The third kappa shape index (κ3) is 4.01. The molecule has 1 fully saturated rings. The summed E-state index contributed by atoms with van der Waals surface area (Å²) < 4.78 is 0. The molecule has 1 N–H and O–H groups in total. The Balaban J connectivity index is 1.64. The average molecular weight is 307 g/mol. The third-order valence-electron chi connectivity index (χ3n) is 4.87. The van der Waals surface area contributed by atoms with E-state index < -0.39 is 0 Å². The van der Waals surface area contributed by atoms with E-state index in [9.17, 15) is 4.79 Å². The Bertz CT molecular complexity index is 637. The number of carbonyl (C=O) groups is 1. The van der Waals surface area contributed by atoms with E-state index in [2.05, 4.69) is 36.5 Å². The minimum Gasteiger partial charge on any atom is -0.322 e. The predicted octanol–water partition coefficient (Wildman–Crippen LogP) is 5.55. The van der Waals surface area contributed by atoms with Crippen LogP contribution in [0, 0.1) is 0 Å². The summed E-state index contributed by atoms with van der Waals surface area (Å²) in [6, 6.07) is 16.2. The lowest BCUT2D eigenvalue weighted by molar-refractivity contribution is 0.102. The molecule has 0 heterocycles. The van der Waals surface area contributed by atoms with Gasteiger partial charge in [0.1, 0.15) is 0 Å². The van der Waals surface area contributed by atoms with Crippen LogP contribution >= 0.6 is 0 Å². The Hall–Kier alpha value is -2.09. The minimum absolute atomic E-state index is 0.0376. The molecule has 2 aromatic rings. The van der Waals surface area contributed by atoms with Crippen LogP contribution in [0.15, 0.2) is 48.5 Å². The van der Waals surface area contributed by atoms with Crippen molar-refractivity contribution in [2.75, 3.05) is 5.32 Å². The number of amides is 1.